The number of ether oxygens (including phenoxy) is 1. The first-order chi connectivity index (χ1) is 10.3. The fourth-order valence-corrected chi connectivity index (χ4v) is 2.07. The molecular formula is C12H14N2O6W. The van der Waals surface area contributed by atoms with Crippen molar-refractivity contribution in [1.29, 1.82) is 0 Å². The van der Waals surface area contributed by atoms with E-state index in [-0.39, 0.29) is 0 Å². The van der Waals surface area contributed by atoms with Crippen LogP contribution in [0.4, 0.5) is 0 Å². The molecule has 1 aliphatic rings. The van der Waals surface area contributed by atoms with Crippen LogP contribution < -0.4 is 5.32 Å². The summed E-state index contributed by atoms with van der Waals surface area (Å²) in [5.74, 6) is 0. The van der Waals surface area contributed by atoms with Crippen molar-refractivity contribution in [1.82, 2.24) is 10.2 Å². The molecule has 0 aromatic carbocycles. The molecule has 0 saturated carbocycles. The van der Waals surface area contributed by atoms with Gasteiger partial charge in [-0.05, 0) is 0 Å². The van der Waals surface area contributed by atoms with E-state index in [0.29, 0.717) is 0 Å². The molecule has 114 valence electrons. The van der Waals surface area contributed by atoms with Gasteiger partial charge in [0, 0.05) is 0 Å². The summed E-state index contributed by atoms with van der Waals surface area (Å²) in [4.78, 5) is 39.9. The molecule has 10 radical (unpaired) electrons. The maximum Gasteiger partial charge on any atom is 0.281 e. The first-order valence-electron chi connectivity index (χ1n) is 4.97. The zero-order valence-electron chi connectivity index (χ0n) is 11.3. The van der Waals surface area contributed by atoms with E-state index in [2.05, 4.69) is 44.2 Å². The van der Waals surface area contributed by atoms with Gasteiger partial charge in [-0.3, -0.25) is 24.0 Å². The van der Waals surface area contributed by atoms with E-state index < -0.39 is 0 Å². The summed E-state index contributed by atoms with van der Waals surface area (Å²) in [6.07, 6.45) is 0. The molecule has 1 rings (SSSR count). The third kappa shape index (κ3) is 27.9. The van der Waals surface area contributed by atoms with Crippen LogP contribution in [0, 0.1) is 0 Å². The molecule has 1 N–H and O–H groups in total. The second kappa shape index (κ2) is 42.8. The smallest absolute Gasteiger partial charge is 0.281 e. The van der Waals surface area contributed by atoms with Gasteiger partial charge in [0.2, 0.25) is 0 Å². The Morgan fingerprint density at radius 2 is 1.48 bits per heavy atom. The number of rotatable bonds is 4. The summed E-state index contributed by atoms with van der Waals surface area (Å²) in [6.45, 7) is 29.5. The Balaban J connectivity index is -0.0000000727. The van der Waals surface area contributed by atoms with Gasteiger partial charge >= 0.3 is 78.2 Å². The standard InChI is InChI=1S/C7H14N2O.5CO.W/c1-2-10-6-5-9-4-3-8-7-9;5*1-2;/h8H,2-6H2,1H3;;;;;;. The van der Waals surface area contributed by atoms with E-state index in [1.54, 1.807) is 0 Å². The Labute approximate surface area is 136 Å². The SMILES string of the molecule is CCOCCN1CCN[C]1=[W].[C]=O.[C]=O.[C]=O.[C]=O.[C]=O. The van der Waals surface area contributed by atoms with E-state index in [4.69, 9.17) is 28.7 Å². The van der Waals surface area contributed by atoms with Crippen molar-refractivity contribution in [3.05, 3.63) is 0 Å². The molecule has 0 aromatic rings. The van der Waals surface area contributed by atoms with Crippen molar-refractivity contribution in [3.63, 3.8) is 0 Å². The van der Waals surface area contributed by atoms with E-state index >= 15 is 0 Å². The Kier molecular flexibility index (Phi) is 65.1. The fraction of sp³-hybridized carbons (Fsp3) is 0.500. The molecule has 1 heterocycles. The van der Waals surface area contributed by atoms with Gasteiger partial charge in [0.05, 0.1) is 0 Å². The molecule has 0 atom stereocenters. The normalized spacial score (nSPS) is 11.2. The van der Waals surface area contributed by atoms with Crippen molar-refractivity contribution >= 4 is 38.1 Å². The van der Waals surface area contributed by atoms with Gasteiger partial charge in [-0.2, -0.15) is 0 Å². The number of carbonyl (C=O) groups excluding carboxylic acids is 5. The Bertz CT molecular complexity index is 201. The molecule has 21 heavy (non-hydrogen) atoms. The summed E-state index contributed by atoms with van der Waals surface area (Å²) >= 11 is 1.52. The summed E-state index contributed by atoms with van der Waals surface area (Å²) in [7, 11) is 0. The molecule has 8 nitrogen and oxygen atoms in total. The Morgan fingerprint density at radius 3 is 1.76 bits per heavy atom. The van der Waals surface area contributed by atoms with Crippen molar-refractivity contribution < 1.29 is 48.1 Å². The van der Waals surface area contributed by atoms with Crippen LogP contribution in [0.2, 0.25) is 0 Å². The Morgan fingerprint density at radius 1 is 1.05 bits per heavy atom. The van der Waals surface area contributed by atoms with E-state index in [1.807, 2.05) is 6.92 Å². The minimum Gasteiger partial charge on any atom is -0.281 e. The Hall–Kier alpha value is -1.21. The van der Waals surface area contributed by atoms with Gasteiger partial charge in [-0.25, -0.2) is 0 Å². The maximum atomic E-state index is 7.50. The summed E-state index contributed by atoms with van der Waals surface area (Å²) in [5.41, 5.74) is 0. The minimum atomic E-state index is 0.827. The van der Waals surface area contributed by atoms with E-state index in [9.17, 15) is 0 Å². The predicted octanol–water partition coefficient (Wildman–Crippen LogP) is -2.42. The summed E-state index contributed by atoms with van der Waals surface area (Å²) in [5, 5.41) is 3.32. The molecule has 1 aliphatic heterocycles. The van der Waals surface area contributed by atoms with Crippen molar-refractivity contribution in [2.24, 2.45) is 0 Å². The van der Waals surface area contributed by atoms with Crippen LogP contribution in [0.15, 0.2) is 0 Å². The van der Waals surface area contributed by atoms with Crippen LogP contribution in [0.1, 0.15) is 6.92 Å². The van der Waals surface area contributed by atoms with Gasteiger partial charge in [0.25, 0.3) is 33.9 Å². The molecular weight excluding hydrogens is 452 g/mol. The molecule has 0 spiro atoms. The molecule has 0 aromatic heterocycles. The number of nitrogens with zero attached hydrogens (tertiary/aromatic N) is 1. The van der Waals surface area contributed by atoms with E-state index in [1.165, 1.54) is 23.5 Å². The van der Waals surface area contributed by atoms with Gasteiger partial charge < -0.3 is 0 Å². The number of hydrogen-bond donors (Lipinski definition) is 1. The second-order valence-corrected chi connectivity index (χ2v) is 3.81. The quantitative estimate of drug-likeness (QED) is 0.457. The third-order valence-electron chi connectivity index (χ3n) is 1.65. The van der Waals surface area contributed by atoms with Crippen LogP contribution in [-0.2, 0) is 48.1 Å². The number of nitrogens with one attached hydrogen (secondary N) is 1. The number of hydrogen-bond acceptors (Lipinski definition) is 8. The second-order valence-electron chi connectivity index (χ2n) is 2.42. The average Bonchev–Trinajstić information content (AvgIpc) is 3.02. The van der Waals surface area contributed by atoms with Gasteiger partial charge in [-0.1, -0.05) is 0 Å². The molecule has 0 bridgehead atoms. The minimum absolute atomic E-state index is 0.827. The van der Waals surface area contributed by atoms with Crippen molar-refractivity contribution in [2.45, 2.75) is 6.92 Å². The van der Waals surface area contributed by atoms with Crippen LogP contribution in [0.5, 0.6) is 0 Å². The first kappa shape index (κ1) is 31.9. The van der Waals surface area contributed by atoms with E-state index in [0.717, 1.165) is 32.8 Å². The van der Waals surface area contributed by atoms with Crippen molar-refractivity contribution in [2.75, 3.05) is 32.8 Å². The molecule has 0 aliphatic carbocycles. The van der Waals surface area contributed by atoms with Gasteiger partial charge in [0.15, 0.2) is 0 Å². The molecule has 1 saturated heterocycles. The average molecular weight is 466 g/mol. The van der Waals surface area contributed by atoms with Crippen LogP contribution in [0.25, 0.3) is 0 Å². The topological polar surface area (TPSA) is 110 Å². The first-order valence-corrected chi connectivity index (χ1v) is 6.44. The molecule has 0 unspecified atom stereocenters. The largest absolute Gasteiger partial charge is 0.281 e. The molecule has 1 fully saturated rings. The summed E-state index contributed by atoms with van der Waals surface area (Å²) < 4.78 is 6.64. The monoisotopic (exact) mass is 466 g/mol. The van der Waals surface area contributed by atoms with Crippen molar-refractivity contribution in [3.8, 4) is 0 Å². The van der Waals surface area contributed by atoms with Gasteiger partial charge in [-0.15, -0.1) is 0 Å². The molecule has 9 heteroatoms. The van der Waals surface area contributed by atoms with Gasteiger partial charge in [0.1, 0.15) is 0 Å². The third-order valence-corrected chi connectivity index (χ3v) is 3.10. The fourth-order valence-electron chi connectivity index (χ4n) is 1.04. The van der Waals surface area contributed by atoms with Crippen LogP contribution in [0.3, 0.4) is 0 Å². The van der Waals surface area contributed by atoms with Crippen LogP contribution >= 0.6 is 0 Å². The van der Waals surface area contributed by atoms with Crippen LogP contribution in [-0.4, -0.2) is 75.8 Å². The zero-order chi connectivity index (χ0) is 18.1. The summed E-state index contributed by atoms with van der Waals surface area (Å²) in [6, 6.07) is 0. The predicted molar refractivity (Wildman–Crippen MR) is 69.5 cm³/mol. The zero-order valence-corrected chi connectivity index (χ0v) is 14.3. The molecule has 0 amide bonds. The maximum absolute atomic E-state index is 7.50.